The van der Waals surface area contributed by atoms with Gasteiger partial charge in [0.1, 0.15) is 20.2 Å². The average Bonchev–Trinajstić information content (AvgIpc) is 1.99. The van der Waals surface area contributed by atoms with Crippen molar-refractivity contribution in [2.24, 2.45) is 0 Å². The summed E-state index contributed by atoms with van der Waals surface area (Å²) in [4.78, 5) is 19.8. The van der Waals surface area contributed by atoms with Gasteiger partial charge in [0.25, 0.3) is 0 Å². The highest BCUT2D eigenvalue weighted by Crippen LogP contribution is 1.89. The summed E-state index contributed by atoms with van der Waals surface area (Å²) in [5.74, 6) is 0. The first-order valence-electron chi connectivity index (χ1n) is 2.67. The number of carbonyl (C=O) groups is 2. The maximum atomic E-state index is 9.93. The van der Waals surface area contributed by atoms with E-state index in [4.69, 9.17) is 13.0 Å². The Bertz CT molecular complexity index is 116. The topological polar surface area (TPSA) is 63.6 Å². The van der Waals surface area contributed by atoms with Crippen LogP contribution in [0.25, 0.3) is 0 Å². The van der Waals surface area contributed by atoms with Crippen LogP contribution in [-0.2, 0) is 14.3 Å². The van der Waals surface area contributed by atoms with Gasteiger partial charge in [-0.25, -0.2) is 0 Å². The van der Waals surface area contributed by atoms with Gasteiger partial charge in [-0.15, -0.1) is 0 Å². The third-order valence-electron chi connectivity index (χ3n) is 0.798. The van der Waals surface area contributed by atoms with Crippen LogP contribution in [0.2, 0.25) is 0 Å². The number of hydrogen-bond donors (Lipinski definition) is 1. The van der Waals surface area contributed by atoms with Crippen LogP contribution < -0.4 is 0 Å². The van der Waals surface area contributed by atoms with Crippen LogP contribution in [0.5, 0.6) is 0 Å². The normalized spacial score (nSPS) is 15.7. The minimum absolute atomic E-state index is 0.339. The third kappa shape index (κ3) is 3.37. The van der Waals surface area contributed by atoms with E-state index in [2.05, 4.69) is 4.74 Å². The minimum Gasteiger partial charge on any atom is -0.393 e. The van der Waals surface area contributed by atoms with E-state index in [-0.39, 0.29) is 0 Å². The number of carbonyl (C=O) groups excluding carboxylic acids is 2. The van der Waals surface area contributed by atoms with Crippen molar-refractivity contribution in [3.05, 3.63) is 0 Å². The molecule has 0 heterocycles. The van der Waals surface area contributed by atoms with Crippen molar-refractivity contribution in [3.8, 4) is 0 Å². The molecule has 0 fully saturated rings. The first kappa shape index (κ1) is 9.32. The molecule has 2 atom stereocenters. The van der Waals surface area contributed by atoms with Crippen LogP contribution >= 0.6 is 0 Å². The molecule has 0 aliphatic heterocycles. The zero-order valence-corrected chi connectivity index (χ0v) is 5.27. The van der Waals surface area contributed by atoms with E-state index in [1.165, 1.54) is 0 Å². The Hall–Kier alpha value is -0.675. The fourth-order valence-electron chi connectivity index (χ4n) is 0.352. The molecule has 10 heavy (non-hydrogen) atoms. The van der Waals surface area contributed by atoms with Gasteiger partial charge in [0.15, 0.2) is 6.29 Å². The highest BCUT2D eigenvalue weighted by Gasteiger charge is 2.08. The highest BCUT2D eigenvalue weighted by molar-refractivity contribution is 6.19. The van der Waals surface area contributed by atoms with Crippen LogP contribution in [-0.4, -0.2) is 44.2 Å². The van der Waals surface area contributed by atoms with Crippen molar-refractivity contribution in [1.29, 1.82) is 0 Å². The zero-order valence-electron chi connectivity index (χ0n) is 5.27. The van der Waals surface area contributed by atoms with E-state index in [9.17, 15) is 9.59 Å². The molecule has 0 unspecified atom stereocenters. The maximum Gasteiger partial charge on any atom is 0.151 e. The molecule has 5 heteroatoms. The number of aldehydes is 2. The van der Waals surface area contributed by atoms with Crippen LogP contribution in [0.3, 0.4) is 0 Å². The van der Waals surface area contributed by atoms with Gasteiger partial charge in [-0.3, -0.25) is 0 Å². The number of ether oxygens (including phenoxy) is 1. The summed E-state index contributed by atoms with van der Waals surface area (Å²) < 4.78 is 4.49. The van der Waals surface area contributed by atoms with Crippen molar-refractivity contribution < 1.29 is 19.4 Å². The van der Waals surface area contributed by atoms with Crippen LogP contribution in [0.4, 0.5) is 0 Å². The maximum absolute atomic E-state index is 9.93. The summed E-state index contributed by atoms with van der Waals surface area (Å²) in [5, 5.41) is 8.34. The van der Waals surface area contributed by atoms with E-state index in [0.29, 0.717) is 12.6 Å². The molecule has 0 spiro atoms. The van der Waals surface area contributed by atoms with E-state index < -0.39 is 18.7 Å². The fraction of sp³-hybridized carbons (Fsp3) is 0.600. The van der Waals surface area contributed by atoms with Crippen molar-refractivity contribution in [3.63, 3.8) is 0 Å². The predicted molar refractivity (Wildman–Crippen MR) is 33.6 cm³/mol. The SMILES string of the molecule is [B][C@@H](C=O)O[C@@H](C=O)CO. The molecular weight excluding hydrogens is 135 g/mol. The smallest absolute Gasteiger partial charge is 0.151 e. The Kier molecular flexibility index (Phi) is 4.79. The van der Waals surface area contributed by atoms with E-state index in [0.717, 1.165) is 0 Å². The standard InChI is InChI=1S/C5H7BO4/c6-5(3-9)10-4(1-7)2-8/h1,3-5,8H,2H2/t4-,5+/m0/s1. The lowest BCUT2D eigenvalue weighted by molar-refractivity contribution is -0.127. The largest absolute Gasteiger partial charge is 0.393 e. The molecule has 2 radical (unpaired) electrons. The van der Waals surface area contributed by atoms with Crippen LogP contribution in [0, 0.1) is 0 Å². The highest BCUT2D eigenvalue weighted by atomic mass is 16.5. The second-order valence-electron chi connectivity index (χ2n) is 1.59. The summed E-state index contributed by atoms with van der Waals surface area (Å²) in [5.41, 5.74) is 0. The molecule has 0 aromatic heterocycles. The van der Waals surface area contributed by atoms with Gasteiger partial charge in [-0.05, 0) is 0 Å². The molecule has 1 N–H and O–H groups in total. The van der Waals surface area contributed by atoms with E-state index >= 15 is 0 Å². The first-order valence-corrected chi connectivity index (χ1v) is 2.67. The first-order chi connectivity index (χ1) is 4.74. The molecule has 0 aromatic carbocycles. The zero-order chi connectivity index (χ0) is 7.98. The fourth-order valence-corrected chi connectivity index (χ4v) is 0.352. The van der Waals surface area contributed by atoms with Crippen LogP contribution in [0.15, 0.2) is 0 Å². The molecule has 0 amide bonds. The summed E-state index contributed by atoms with van der Waals surface area (Å²) in [6.45, 7) is -0.467. The summed E-state index contributed by atoms with van der Waals surface area (Å²) >= 11 is 0. The second-order valence-corrected chi connectivity index (χ2v) is 1.59. The Morgan fingerprint density at radius 3 is 2.40 bits per heavy atom. The molecule has 0 rings (SSSR count). The summed E-state index contributed by atoms with van der Waals surface area (Å²) in [6, 6.07) is -1.14. The van der Waals surface area contributed by atoms with Gasteiger partial charge in [0, 0.05) is 0 Å². The van der Waals surface area contributed by atoms with Crippen molar-refractivity contribution in [2.75, 3.05) is 6.61 Å². The number of aliphatic hydroxyl groups is 1. The van der Waals surface area contributed by atoms with Crippen molar-refractivity contribution in [1.82, 2.24) is 0 Å². The van der Waals surface area contributed by atoms with Crippen LogP contribution in [0.1, 0.15) is 0 Å². The van der Waals surface area contributed by atoms with Crippen molar-refractivity contribution >= 4 is 20.4 Å². The lowest BCUT2D eigenvalue weighted by Crippen LogP contribution is -2.27. The Labute approximate surface area is 59.6 Å². The molecule has 0 aliphatic carbocycles. The molecule has 0 aromatic rings. The molecule has 54 valence electrons. The van der Waals surface area contributed by atoms with E-state index in [1.807, 2.05) is 0 Å². The summed E-state index contributed by atoms with van der Waals surface area (Å²) in [6.07, 6.45) is -0.282. The molecule has 0 aliphatic rings. The monoisotopic (exact) mass is 142 g/mol. The molecule has 0 saturated heterocycles. The molecular formula is C5H7BO4. The summed E-state index contributed by atoms with van der Waals surface area (Å²) in [7, 11) is 4.96. The average molecular weight is 142 g/mol. The van der Waals surface area contributed by atoms with Gasteiger partial charge in [0.2, 0.25) is 0 Å². The van der Waals surface area contributed by atoms with Gasteiger partial charge >= 0.3 is 0 Å². The lowest BCUT2D eigenvalue weighted by atomic mass is 10.0. The third-order valence-corrected chi connectivity index (χ3v) is 0.798. The van der Waals surface area contributed by atoms with Gasteiger partial charge < -0.3 is 19.4 Å². The lowest BCUT2D eigenvalue weighted by Gasteiger charge is -2.10. The van der Waals surface area contributed by atoms with E-state index in [1.54, 1.807) is 0 Å². The minimum atomic E-state index is -1.14. The Morgan fingerprint density at radius 2 is 2.10 bits per heavy atom. The second kappa shape index (κ2) is 5.14. The molecule has 0 saturated carbocycles. The van der Waals surface area contributed by atoms with Gasteiger partial charge in [-0.1, -0.05) is 0 Å². The number of hydrogen-bond acceptors (Lipinski definition) is 4. The van der Waals surface area contributed by atoms with Gasteiger partial charge in [0.05, 0.1) is 12.6 Å². The van der Waals surface area contributed by atoms with Gasteiger partial charge in [-0.2, -0.15) is 0 Å². The van der Waals surface area contributed by atoms with Crippen molar-refractivity contribution in [2.45, 2.75) is 12.1 Å². The Morgan fingerprint density at radius 1 is 1.50 bits per heavy atom. The number of aliphatic hydroxyl groups excluding tert-OH is 1. The Balaban J connectivity index is 3.61. The molecule has 0 bridgehead atoms. The predicted octanol–water partition coefficient (Wildman–Crippen LogP) is -1.74. The quantitative estimate of drug-likeness (QED) is 0.365. The number of rotatable bonds is 5. The molecule has 4 nitrogen and oxygen atoms in total.